The van der Waals surface area contributed by atoms with E-state index in [0.29, 0.717) is 19.3 Å². The van der Waals surface area contributed by atoms with Crippen molar-refractivity contribution in [1.29, 1.82) is 0 Å². The largest absolute Gasteiger partial charge is 0.319 e. The maximum atomic E-state index is 12.0. The van der Waals surface area contributed by atoms with Gasteiger partial charge in [-0.05, 0) is 40.2 Å². The van der Waals surface area contributed by atoms with Gasteiger partial charge in [0.1, 0.15) is 0 Å². The van der Waals surface area contributed by atoms with Crippen LogP contribution in [0, 0.1) is 0 Å². The third-order valence-corrected chi connectivity index (χ3v) is 4.76. The molecule has 0 bridgehead atoms. The summed E-state index contributed by atoms with van der Waals surface area (Å²) in [6.45, 7) is 3.93. The van der Waals surface area contributed by atoms with E-state index in [9.17, 15) is 4.79 Å². The van der Waals surface area contributed by atoms with Crippen molar-refractivity contribution in [2.75, 3.05) is 0 Å². The number of ketones is 1. The quantitative estimate of drug-likeness (QED) is 0.905. The lowest BCUT2D eigenvalue weighted by Crippen LogP contribution is -2.47. The molecule has 0 fully saturated rings. The van der Waals surface area contributed by atoms with Gasteiger partial charge in [0, 0.05) is 15.8 Å². The molecule has 1 aromatic rings. The second-order valence-corrected chi connectivity index (χ2v) is 5.51. The van der Waals surface area contributed by atoms with Crippen molar-refractivity contribution in [3.63, 3.8) is 0 Å². The molecule has 0 aliphatic heterocycles. The van der Waals surface area contributed by atoms with Crippen LogP contribution in [0.3, 0.4) is 0 Å². The Hall–Kier alpha value is -0.190. The van der Waals surface area contributed by atoms with Crippen molar-refractivity contribution >= 4 is 33.0 Å². The summed E-state index contributed by atoms with van der Waals surface area (Å²) in [5.41, 5.74) is 5.40. The molecular formula is C11H16BrNOS. The number of Topliss-reactive ketones (excluding diaryl/α,β-unsaturated/α-hetero) is 1. The summed E-state index contributed by atoms with van der Waals surface area (Å²) in [6, 6.07) is 1.96. The van der Waals surface area contributed by atoms with Gasteiger partial charge >= 0.3 is 0 Å². The van der Waals surface area contributed by atoms with E-state index in [1.54, 1.807) is 11.3 Å². The highest BCUT2D eigenvalue weighted by Gasteiger charge is 2.29. The van der Waals surface area contributed by atoms with Crippen LogP contribution < -0.4 is 5.73 Å². The fourth-order valence-electron chi connectivity index (χ4n) is 1.42. The number of hydrogen-bond acceptors (Lipinski definition) is 3. The molecule has 0 aromatic carbocycles. The summed E-state index contributed by atoms with van der Waals surface area (Å²) >= 11 is 5.01. The van der Waals surface area contributed by atoms with E-state index in [2.05, 4.69) is 15.9 Å². The molecule has 0 atom stereocenters. The molecule has 0 aliphatic carbocycles. The first-order valence-electron chi connectivity index (χ1n) is 5.07. The van der Waals surface area contributed by atoms with Gasteiger partial charge in [0.15, 0.2) is 5.78 Å². The van der Waals surface area contributed by atoms with E-state index in [1.165, 1.54) is 0 Å². The molecule has 15 heavy (non-hydrogen) atoms. The van der Waals surface area contributed by atoms with Gasteiger partial charge in [0.2, 0.25) is 0 Å². The smallest absolute Gasteiger partial charge is 0.157 e. The number of carbonyl (C=O) groups excluding carboxylic acids is 1. The van der Waals surface area contributed by atoms with Crippen LogP contribution in [0.25, 0.3) is 0 Å². The maximum Gasteiger partial charge on any atom is 0.157 e. The highest BCUT2D eigenvalue weighted by Crippen LogP contribution is 2.25. The second-order valence-electron chi connectivity index (χ2n) is 3.65. The van der Waals surface area contributed by atoms with Crippen LogP contribution in [0.2, 0.25) is 0 Å². The number of thiophene rings is 1. The number of halogens is 1. The van der Waals surface area contributed by atoms with Crippen molar-refractivity contribution in [3.8, 4) is 0 Å². The lowest BCUT2D eigenvalue weighted by molar-refractivity contribution is -0.123. The molecule has 1 aromatic heterocycles. The predicted molar refractivity (Wildman–Crippen MR) is 68.2 cm³/mol. The van der Waals surface area contributed by atoms with E-state index in [4.69, 9.17) is 5.73 Å². The highest BCUT2D eigenvalue weighted by atomic mass is 79.9. The van der Waals surface area contributed by atoms with E-state index in [0.717, 1.165) is 9.35 Å². The Balaban J connectivity index is 2.75. The SMILES string of the molecule is CCC(N)(CC)C(=O)Cc1sccc1Br. The van der Waals surface area contributed by atoms with Gasteiger partial charge in [-0.25, -0.2) is 0 Å². The lowest BCUT2D eigenvalue weighted by atomic mass is 9.87. The van der Waals surface area contributed by atoms with Crippen molar-refractivity contribution in [3.05, 3.63) is 20.8 Å². The summed E-state index contributed by atoms with van der Waals surface area (Å²) in [4.78, 5) is 13.1. The minimum Gasteiger partial charge on any atom is -0.319 e. The third kappa shape index (κ3) is 2.89. The Morgan fingerprint density at radius 3 is 2.53 bits per heavy atom. The molecule has 84 valence electrons. The normalized spacial score (nSPS) is 11.7. The molecule has 1 heterocycles. The molecule has 2 N–H and O–H groups in total. The van der Waals surface area contributed by atoms with Crippen LogP contribution in [0.4, 0.5) is 0 Å². The average molecular weight is 290 g/mol. The van der Waals surface area contributed by atoms with Crippen molar-refractivity contribution in [2.45, 2.75) is 38.6 Å². The summed E-state index contributed by atoms with van der Waals surface area (Å²) in [6.07, 6.45) is 1.84. The number of carbonyl (C=O) groups is 1. The Morgan fingerprint density at radius 2 is 2.13 bits per heavy atom. The molecule has 0 radical (unpaired) electrons. The molecular weight excluding hydrogens is 274 g/mol. The summed E-state index contributed by atoms with van der Waals surface area (Å²) < 4.78 is 1.01. The summed E-state index contributed by atoms with van der Waals surface area (Å²) in [5.74, 6) is 0.135. The molecule has 4 heteroatoms. The summed E-state index contributed by atoms with van der Waals surface area (Å²) in [5, 5.41) is 1.97. The predicted octanol–water partition coefficient (Wildman–Crippen LogP) is 3.14. The molecule has 2 nitrogen and oxygen atoms in total. The van der Waals surface area contributed by atoms with Crippen LogP contribution in [-0.2, 0) is 11.2 Å². The summed E-state index contributed by atoms with van der Waals surface area (Å²) in [7, 11) is 0. The van der Waals surface area contributed by atoms with Crippen LogP contribution in [0.1, 0.15) is 31.6 Å². The highest BCUT2D eigenvalue weighted by molar-refractivity contribution is 9.10. The molecule has 0 aliphatic rings. The monoisotopic (exact) mass is 289 g/mol. The third-order valence-electron chi connectivity index (χ3n) is 2.83. The van der Waals surface area contributed by atoms with E-state index in [1.807, 2.05) is 25.3 Å². The second kappa shape index (κ2) is 5.23. The Kier molecular flexibility index (Phi) is 4.49. The van der Waals surface area contributed by atoms with Crippen molar-refractivity contribution in [2.24, 2.45) is 5.73 Å². The van der Waals surface area contributed by atoms with E-state index < -0.39 is 5.54 Å². The number of hydrogen-bond donors (Lipinski definition) is 1. The molecule has 0 amide bonds. The van der Waals surface area contributed by atoms with Gasteiger partial charge in [-0.1, -0.05) is 13.8 Å². The van der Waals surface area contributed by atoms with Gasteiger partial charge in [0.25, 0.3) is 0 Å². The first kappa shape index (κ1) is 12.9. The van der Waals surface area contributed by atoms with Crippen molar-refractivity contribution < 1.29 is 4.79 Å². The van der Waals surface area contributed by atoms with Gasteiger partial charge in [0.05, 0.1) is 5.54 Å². The number of nitrogens with two attached hydrogens (primary N) is 1. The van der Waals surface area contributed by atoms with Gasteiger partial charge < -0.3 is 5.73 Å². The van der Waals surface area contributed by atoms with Gasteiger partial charge in [-0.3, -0.25) is 4.79 Å². The standard InChI is InChI=1S/C11H16BrNOS/c1-3-11(13,4-2)10(14)7-9-8(12)5-6-15-9/h5-6H,3-4,7,13H2,1-2H3. The molecule has 0 unspecified atom stereocenters. The first-order chi connectivity index (χ1) is 7.03. The molecule has 1 rings (SSSR count). The fourth-order valence-corrected chi connectivity index (χ4v) is 2.91. The topological polar surface area (TPSA) is 43.1 Å². The van der Waals surface area contributed by atoms with Gasteiger partial charge in [-0.2, -0.15) is 0 Å². The average Bonchev–Trinajstić information content (AvgIpc) is 2.63. The lowest BCUT2D eigenvalue weighted by Gasteiger charge is -2.24. The van der Waals surface area contributed by atoms with Crippen molar-refractivity contribution in [1.82, 2.24) is 0 Å². The Morgan fingerprint density at radius 1 is 1.53 bits per heavy atom. The van der Waals surface area contributed by atoms with Crippen LogP contribution >= 0.6 is 27.3 Å². The maximum absolute atomic E-state index is 12.0. The van der Waals surface area contributed by atoms with Crippen LogP contribution in [-0.4, -0.2) is 11.3 Å². The van der Waals surface area contributed by atoms with E-state index >= 15 is 0 Å². The molecule has 0 saturated heterocycles. The van der Waals surface area contributed by atoms with Crippen LogP contribution in [0.5, 0.6) is 0 Å². The zero-order valence-corrected chi connectivity index (χ0v) is 11.5. The minimum absolute atomic E-state index is 0.135. The zero-order valence-electron chi connectivity index (χ0n) is 9.05. The van der Waals surface area contributed by atoms with E-state index in [-0.39, 0.29) is 5.78 Å². The number of rotatable bonds is 5. The zero-order chi connectivity index (χ0) is 11.5. The van der Waals surface area contributed by atoms with Crippen LogP contribution in [0.15, 0.2) is 15.9 Å². The first-order valence-corrected chi connectivity index (χ1v) is 6.74. The minimum atomic E-state index is -0.649. The Labute approximate surface area is 103 Å². The Bertz CT molecular complexity index is 344. The molecule has 0 spiro atoms. The van der Waals surface area contributed by atoms with Gasteiger partial charge in [-0.15, -0.1) is 11.3 Å². The fraction of sp³-hybridized carbons (Fsp3) is 0.545. The molecule has 0 saturated carbocycles.